The zero-order valence-electron chi connectivity index (χ0n) is 12.5. The third-order valence-electron chi connectivity index (χ3n) is 3.62. The number of rotatable bonds is 11. The molecule has 0 saturated heterocycles. The molecule has 0 aliphatic heterocycles. The van der Waals surface area contributed by atoms with Crippen LogP contribution >= 0.6 is 0 Å². The first-order valence-corrected chi connectivity index (χ1v) is 7.86. The van der Waals surface area contributed by atoms with Crippen LogP contribution in [0, 0.1) is 0 Å². The minimum absolute atomic E-state index is 0.196. The Morgan fingerprint density at radius 3 is 1.89 bits per heavy atom. The van der Waals surface area contributed by atoms with Gasteiger partial charge in [0.15, 0.2) is 0 Å². The molecule has 1 aromatic rings. The molecule has 0 fully saturated rings. The third kappa shape index (κ3) is 6.60. The Hall–Kier alpha value is -1.06. The summed E-state index contributed by atoms with van der Waals surface area (Å²) in [7, 11) is 0. The van der Waals surface area contributed by atoms with Crippen molar-refractivity contribution in [3.05, 3.63) is 5.89 Å². The molecule has 0 unspecified atom stereocenters. The average molecular weight is 267 g/mol. The summed E-state index contributed by atoms with van der Waals surface area (Å²) >= 11 is 0. The quantitative estimate of drug-likeness (QED) is 0.591. The Kier molecular flexibility index (Phi) is 8.26. The highest BCUT2D eigenvalue weighted by molar-refractivity contribution is 5.06. The summed E-state index contributed by atoms with van der Waals surface area (Å²) in [5.41, 5.74) is 5.53. The molecule has 0 atom stereocenters. The average Bonchev–Trinajstić information content (AvgIpc) is 2.83. The monoisotopic (exact) mass is 267 g/mol. The van der Waals surface area contributed by atoms with E-state index in [0.29, 0.717) is 5.92 Å². The van der Waals surface area contributed by atoms with Gasteiger partial charge in [0.25, 0.3) is 0 Å². The van der Waals surface area contributed by atoms with Gasteiger partial charge in [0.2, 0.25) is 5.89 Å². The second-order valence-corrected chi connectivity index (χ2v) is 5.37. The number of nitrogens with zero attached hydrogens (tertiary/aromatic N) is 2. The fraction of sp³-hybridized carbons (Fsp3) is 0.867. The highest BCUT2D eigenvalue weighted by Gasteiger charge is 2.17. The molecule has 0 radical (unpaired) electrons. The summed E-state index contributed by atoms with van der Waals surface area (Å²) in [6.07, 6.45) is 12.5. The zero-order chi connectivity index (χ0) is 13.9. The molecular weight excluding hydrogens is 238 g/mol. The molecule has 0 saturated carbocycles. The first-order valence-electron chi connectivity index (χ1n) is 7.86. The van der Waals surface area contributed by atoms with Gasteiger partial charge < -0.3 is 10.2 Å². The van der Waals surface area contributed by atoms with Crippen molar-refractivity contribution in [2.75, 3.05) is 5.73 Å². The van der Waals surface area contributed by atoms with Crippen LogP contribution in [0.15, 0.2) is 4.42 Å². The first-order chi connectivity index (χ1) is 9.27. The topological polar surface area (TPSA) is 64.9 Å². The second-order valence-electron chi connectivity index (χ2n) is 5.37. The number of anilines is 1. The van der Waals surface area contributed by atoms with E-state index in [-0.39, 0.29) is 6.01 Å². The first kappa shape index (κ1) is 16.0. The summed E-state index contributed by atoms with van der Waals surface area (Å²) in [5, 5.41) is 7.86. The van der Waals surface area contributed by atoms with E-state index in [1.807, 2.05) is 0 Å². The van der Waals surface area contributed by atoms with E-state index in [4.69, 9.17) is 10.2 Å². The Bertz CT molecular complexity index is 313. The lowest BCUT2D eigenvalue weighted by atomic mass is 9.94. The molecule has 19 heavy (non-hydrogen) atoms. The number of nitrogen functional groups attached to an aromatic ring is 1. The molecular formula is C15H29N3O. The summed E-state index contributed by atoms with van der Waals surface area (Å²) in [4.78, 5) is 0. The highest BCUT2D eigenvalue weighted by Crippen LogP contribution is 2.28. The molecule has 0 bridgehead atoms. The van der Waals surface area contributed by atoms with E-state index >= 15 is 0 Å². The van der Waals surface area contributed by atoms with Crippen molar-refractivity contribution in [2.45, 2.75) is 84.0 Å². The smallest absolute Gasteiger partial charge is 0.312 e. The maximum absolute atomic E-state index is 5.53. The molecule has 2 N–H and O–H groups in total. The Labute approximate surface area is 117 Å². The number of unbranched alkanes of at least 4 members (excludes halogenated alkanes) is 6. The van der Waals surface area contributed by atoms with Crippen molar-refractivity contribution in [3.63, 3.8) is 0 Å². The van der Waals surface area contributed by atoms with Crippen molar-refractivity contribution in [1.29, 1.82) is 0 Å². The van der Waals surface area contributed by atoms with E-state index in [9.17, 15) is 0 Å². The van der Waals surface area contributed by atoms with E-state index in [1.54, 1.807) is 0 Å². The maximum Gasteiger partial charge on any atom is 0.312 e. The van der Waals surface area contributed by atoms with Gasteiger partial charge in [-0.25, -0.2) is 0 Å². The fourth-order valence-corrected chi connectivity index (χ4v) is 2.44. The van der Waals surface area contributed by atoms with Crippen molar-refractivity contribution in [2.24, 2.45) is 0 Å². The molecule has 0 amide bonds. The van der Waals surface area contributed by atoms with Gasteiger partial charge in [-0.2, -0.15) is 0 Å². The number of hydrogen-bond acceptors (Lipinski definition) is 4. The van der Waals surface area contributed by atoms with E-state index in [0.717, 1.165) is 18.7 Å². The molecule has 0 spiro atoms. The Morgan fingerprint density at radius 1 is 0.895 bits per heavy atom. The van der Waals surface area contributed by atoms with Gasteiger partial charge in [0, 0.05) is 5.92 Å². The van der Waals surface area contributed by atoms with Crippen LogP contribution in [0.5, 0.6) is 0 Å². The zero-order valence-corrected chi connectivity index (χ0v) is 12.5. The SMILES string of the molecule is CCCCCCC(CCCCCC)c1nnc(N)o1. The van der Waals surface area contributed by atoms with Crippen LogP contribution in [0.1, 0.15) is 89.9 Å². The summed E-state index contributed by atoms with van der Waals surface area (Å²) in [5.74, 6) is 1.14. The van der Waals surface area contributed by atoms with E-state index in [2.05, 4.69) is 24.0 Å². The van der Waals surface area contributed by atoms with Gasteiger partial charge in [-0.1, -0.05) is 70.3 Å². The predicted octanol–water partition coefficient (Wildman–Crippen LogP) is 4.68. The van der Waals surface area contributed by atoms with Crippen molar-refractivity contribution < 1.29 is 4.42 Å². The standard InChI is InChI=1S/C15H29N3O/c1-3-5-7-9-11-13(12-10-8-6-4-2)14-17-18-15(16)19-14/h13H,3-12H2,1-2H3,(H2,16,18). The minimum atomic E-state index is 0.196. The van der Waals surface area contributed by atoms with E-state index < -0.39 is 0 Å². The number of hydrogen-bond donors (Lipinski definition) is 1. The molecule has 1 heterocycles. The van der Waals surface area contributed by atoms with Gasteiger partial charge in [-0.05, 0) is 12.8 Å². The van der Waals surface area contributed by atoms with Crippen LogP contribution in [0.2, 0.25) is 0 Å². The van der Waals surface area contributed by atoms with Gasteiger partial charge in [0.1, 0.15) is 0 Å². The lowest BCUT2D eigenvalue weighted by Gasteiger charge is -2.12. The lowest BCUT2D eigenvalue weighted by molar-refractivity contribution is 0.400. The number of aromatic nitrogens is 2. The van der Waals surface area contributed by atoms with Gasteiger partial charge in [-0.3, -0.25) is 0 Å². The largest absolute Gasteiger partial charge is 0.408 e. The van der Waals surface area contributed by atoms with Crippen LogP contribution in [0.25, 0.3) is 0 Å². The minimum Gasteiger partial charge on any atom is -0.408 e. The molecule has 4 heteroatoms. The van der Waals surface area contributed by atoms with E-state index in [1.165, 1.54) is 51.4 Å². The summed E-state index contributed by atoms with van der Waals surface area (Å²) in [6, 6.07) is 0.196. The van der Waals surface area contributed by atoms with Crippen LogP contribution in [-0.4, -0.2) is 10.2 Å². The number of nitrogens with two attached hydrogens (primary N) is 1. The van der Waals surface area contributed by atoms with Gasteiger partial charge in [-0.15, -0.1) is 5.10 Å². The molecule has 0 aliphatic carbocycles. The maximum atomic E-state index is 5.53. The Balaban J connectivity index is 2.38. The third-order valence-corrected chi connectivity index (χ3v) is 3.62. The molecule has 1 aromatic heterocycles. The fourth-order valence-electron chi connectivity index (χ4n) is 2.44. The summed E-state index contributed by atoms with van der Waals surface area (Å²) < 4.78 is 5.42. The molecule has 110 valence electrons. The lowest BCUT2D eigenvalue weighted by Crippen LogP contribution is -2.00. The molecule has 0 aromatic carbocycles. The predicted molar refractivity (Wildman–Crippen MR) is 79.0 cm³/mol. The molecule has 1 rings (SSSR count). The normalized spacial score (nSPS) is 11.3. The summed E-state index contributed by atoms with van der Waals surface area (Å²) in [6.45, 7) is 4.47. The Morgan fingerprint density at radius 2 is 1.47 bits per heavy atom. The van der Waals surface area contributed by atoms with Crippen molar-refractivity contribution >= 4 is 6.01 Å². The molecule has 4 nitrogen and oxygen atoms in total. The van der Waals surface area contributed by atoms with Crippen molar-refractivity contribution in [3.8, 4) is 0 Å². The van der Waals surface area contributed by atoms with Gasteiger partial charge >= 0.3 is 6.01 Å². The van der Waals surface area contributed by atoms with Crippen LogP contribution in [0.4, 0.5) is 6.01 Å². The molecule has 0 aliphatic rings. The van der Waals surface area contributed by atoms with Crippen LogP contribution < -0.4 is 5.73 Å². The van der Waals surface area contributed by atoms with Crippen LogP contribution in [-0.2, 0) is 0 Å². The highest BCUT2D eigenvalue weighted by atomic mass is 16.4. The second kappa shape index (κ2) is 9.82. The van der Waals surface area contributed by atoms with Crippen LogP contribution in [0.3, 0.4) is 0 Å². The van der Waals surface area contributed by atoms with Gasteiger partial charge in [0.05, 0.1) is 0 Å². The van der Waals surface area contributed by atoms with Crippen molar-refractivity contribution in [1.82, 2.24) is 10.2 Å².